The molecule has 0 N–H and O–H groups in total. The van der Waals surface area contributed by atoms with E-state index in [-0.39, 0.29) is 0 Å². The van der Waals surface area contributed by atoms with Crippen molar-refractivity contribution < 1.29 is 4.74 Å². The maximum Gasteiger partial charge on any atom is 0.100 e. The van der Waals surface area contributed by atoms with Gasteiger partial charge in [-0.3, -0.25) is 0 Å². The summed E-state index contributed by atoms with van der Waals surface area (Å²) in [6.07, 6.45) is 7.62. The number of hydrogen-bond acceptors (Lipinski definition) is 1. The van der Waals surface area contributed by atoms with Gasteiger partial charge < -0.3 is 4.74 Å². The summed E-state index contributed by atoms with van der Waals surface area (Å²) in [5.74, 6) is 0. The Morgan fingerprint density at radius 1 is 1.30 bits per heavy atom. The van der Waals surface area contributed by atoms with Gasteiger partial charge in [-0.25, -0.2) is 0 Å². The predicted octanol–water partition coefficient (Wildman–Crippen LogP) is 2.11. The smallest absolute Gasteiger partial charge is 0.100 e. The van der Waals surface area contributed by atoms with Crippen LogP contribution in [0.5, 0.6) is 0 Å². The fourth-order valence-corrected chi connectivity index (χ4v) is 3.08. The van der Waals surface area contributed by atoms with Gasteiger partial charge in [0.1, 0.15) is 5.60 Å². The first-order chi connectivity index (χ1) is 4.77. The maximum absolute atomic E-state index is 5.77. The first kappa shape index (κ1) is 5.59. The molecule has 0 aromatic heterocycles. The summed E-state index contributed by atoms with van der Waals surface area (Å²) in [6.45, 7) is 2.41. The van der Waals surface area contributed by atoms with E-state index in [1.807, 2.05) is 0 Å². The molecule has 0 aromatic carbocycles. The van der Waals surface area contributed by atoms with Gasteiger partial charge in [0.2, 0.25) is 0 Å². The molecule has 0 aromatic rings. The summed E-state index contributed by atoms with van der Waals surface area (Å²) >= 11 is 0. The van der Waals surface area contributed by atoms with E-state index >= 15 is 0 Å². The van der Waals surface area contributed by atoms with E-state index in [4.69, 9.17) is 4.74 Å². The Hall–Kier alpha value is -0.0400. The van der Waals surface area contributed by atoms with Crippen molar-refractivity contribution in [1.82, 2.24) is 0 Å². The fraction of sp³-hybridized carbons (Fsp3) is 1.00. The SMILES string of the molecule is CC12CCCC3OC31CC2. The largest absolute Gasteiger partial charge is 0.365 e. The van der Waals surface area contributed by atoms with Gasteiger partial charge in [-0.05, 0) is 31.1 Å². The van der Waals surface area contributed by atoms with Crippen molar-refractivity contribution in [3.63, 3.8) is 0 Å². The minimum atomic E-state index is 0.422. The number of ether oxygens (including phenoxy) is 1. The summed E-state index contributed by atoms with van der Waals surface area (Å²) in [6, 6.07) is 0. The lowest BCUT2D eigenvalue weighted by Crippen LogP contribution is -2.49. The molecule has 1 nitrogen and oxygen atoms in total. The zero-order valence-corrected chi connectivity index (χ0v) is 6.52. The zero-order valence-electron chi connectivity index (χ0n) is 6.52. The summed E-state index contributed by atoms with van der Waals surface area (Å²) in [5.41, 5.74) is 1.03. The monoisotopic (exact) mass is 138 g/mol. The second-order valence-corrected chi connectivity index (χ2v) is 4.45. The van der Waals surface area contributed by atoms with E-state index in [0.29, 0.717) is 17.1 Å². The third-order valence-electron chi connectivity index (χ3n) is 4.08. The molecule has 1 heterocycles. The average molecular weight is 138 g/mol. The van der Waals surface area contributed by atoms with Crippen LogP contribution in [-0.4, -0.2) is 11.7 Å². The lowest BCUT2D eigenvalue weighted by Gasteiger charge is -2.48. The summed E-state index contributed by atoms with van der Waals surface area (Å²) in [5, 5.41) is 0. The summed E-state index contributed by atoms with van der Waals surface area (Å²) < 4.78 is 5.77. The van der Waals surface area contributed by atoms with E-state index < -0.39 is 0 Å². The number of hydrogen-bond donors (Lipinski definition) is 0. The number of rotatable bonds is 0. The molecule has 3 aliphatic rings. The molecule has 3 rings (SSSR count). The molecule has 0 bridgehead atoms. The molecule has 2 saturated carbocycles. The molecule has 0 radical (unpaired) electrons. The molecule has 10 heavy (non-hydrogen) atoms. The highest BCUT2D eigenvalue weighted by molar-refractivity contribution is 5.21. The van der Waals surface area contributed by atoms with E-state index in [2.05, 4.69) is 6.92 Å². The van der Waals surface area contributed by atoms with Crippen LogP contribution in [0.4, 0.5) is 0 Å². The van der Waals surface area contributed by atoms with Crippen molar-refractivity contribution in [2.24, 2.45) is 5.41 Å². The average Bonchev–Trinajstić information content (AvgIpc) is 2.61. The summed E-state index contributed by atoms with van der Waals surface area (Å²) in [7, 11) is 0. The van der Waals surface area contributed by atoms with Crippen LogP contribution in [-0.2, 0) is 4.74 Å². The van der Waals surface area contributed by atoms with Crippen molar-refractivity contribution in [1.29, 1.82) is 0 Å². The van der Waals surface area contributed by atoms with Crippen LogP contribution < -0.4 is 0 Å². The van der Waals surface area contributed by atoms with Gasteiger partial charge in [0.25, 0.3) is 0 Å². The molecule has 3 unspecified atom stereocenters. The van der Waals surface area contributed by atoms with Crippen molar-refractivity contribution in [3.05, 3.63) is 0 Å². The van der Waals surface area contributed by atoms with Crippen molar-refractivity contribution in [2.45, 2.75) is 50.7 Å². The topological polar surface area (TPSA) is 12.5 Å². The lowest BCUT2D eigenvalue weighted by atomic mass is 9.54. The minimum Gasteiger partial charge on any atom is -0.365 e. The minimum absolute atomic E-state index is 0.422. The highest BCUT2D eigenvalue weighted by Gasteiger charge is 2.73. The van der Waals surface area contributed by atoms with Crippen LogP contribution in [0, 0.1) is 5.41 Å². The van der Waals surface area contributed by atoms with Gasteiger partial charge in [-0.15, -0.1) is 0 Å². The third-order valence-corrected chi connectivity index (χ3v) is 4.08. The van der Waals surface area contributed by atoms with Gasteiger partial charge in [-0.1, -0.05) is 13.3 Å². The first-order valence-electron chi connectivity index (χ1n) is 4.45. The number of epoxide rings is 1. The van der Waals surface area contributed by atoms with E-state index in [1.165, 1.54) is 32.1 Å². The third kappa shape index (κ3) is 0.378. The highest BCUT2D eigenvalue weighted by atomic mass is 16.6. The van der Waals surface area contributed by atoms with Crippen molar-refractivity contribution in [2.75, 3.05) is 0 Å². The van der Waals surface area contributed by atoms with Crippen LogP contribution in [0.2, 0.25) is 0 Å². The van der Waals surface area contributed by atoms with Crippen LogP contribution in [0.1, 0.15) is 39.0 Å². The maximum atomic E-state index is 5.77. The Balaban J connectivity index is 1.97. The van der Waals surface area contributed by atoms with Crippen LogP contribution >= 0.6 is 0 Å². The Kier molecular flexibility index (Phi) is 0.722. The molecular formula is C9H14O. The molecule has 1 aliphatic heterocycles. The Morgan fingerprint density at radius 3 is 2.70 bits per heavy atom. The second kappa shape index (κ2) is 1.29. The molecule has 56 valence electrons. The van der Waals surface area contributed by atoms with Crippen molar-refractivity contribution in [3.8, 4) is 0 Å². The van der Waals surface area contributed by atoms with Gasteiger partial charge >= 0.3 is 0 Å². The van der Waals surface area contributed by atoms with Gasteiger partial charge in [-0.2, -0.15) is 0 Å². The quantitative estimate of drug-likeness (QED) is 0.467. The molecule has 0 amide bonds. The predicted molar refractivity (Wildman–Crippen MR) is 38.8 cm³/mol. The van der Waals surface area contributed by atoms with Crippen LogP contribution in [0.15, 0.2) is 0 Å². The van der Waals surface area contributed by atoms with Crippen molar-refractivity contribution >= 4 is 0 Å². The Labute approximate surface area is 61.8 Å². The van der Waals surface area contributed by atoms with Gasteiger partial charge in [0, 0.05) is 0 Å². The van der Waals surface area contributed by atoms with Gasteiger partial charge in [0.15, 0.2) is 0 Å². The van der Waals surface area contributed by atoms with Crippen LogP contribution in [0.3, 0.4) is 0 Å². The Bertz CT molecular complexity index is 185. The van der Waals surface area contributed by atoms with E-state index in [1.54, 1.807) is 0 Å². The fourth-order valence-electron chi connectivity index (χ4n) is 3.08. The Morgan fingerprint density at radius 2 is 2.20 bits per heavy atom. The summed E-state index contributed by atoms with van der Waals surface area (Å²) in [4.78, 5) is 0. The first-order valence-corrected chi connectivity index (χ1v) is 4.45. The van der Waals surface area contributed by atoms with E-state index in [9.17, 15) is 0 Å². The normalized spacial score (nSPS) is 63.9. The molecule has 1 saturated heterocycles. The molecular weight excluding hydrogens is 124 g/mol. The molecule has 2 aliphatic carbocycles. The molecule has 3 atom stereocenters. The second-order valence-electron chi connectivity index (χ2n) is 4.45. The van der Waals surface area contributed by atoms with E-state index in [0.717, 1.165) is 0 Å². The molecule has 1 spiro atoms. The lowest BCUT2D eigenvalue weighted by molar-refractivity contribution is -0.00334. The van der Waals surface area contributed by atoms with Crippen LogP contribution in [0.25, 0.3) is 0 Å². The standard InChI is InChI=1S/C9H14O/c1-8-4-2-3-7-9(8,10-7)6-5-8/h7H,2-6H2,1H3. The zero-order chi connectivity index (χ0) is 6.82. The molecule has 1 heteroatoms. The van der Waals surface area contributed by atoms with Gasteiger partial charge in [0.05, 0.1) is 6.10 Å². The molecule has 3 fully saturated rings. The highest BCUT2D eigenvalue weighted by Crippen LogP contribution is 2.69.